The molecule has 122 valence electrons. The van der Waals surface area contributed by atoms with E-state index in [2.05, 4.69) is 39.8 Å². The monoisotopic (exact) mass is 302 g/mol. The van der Waals surface area contributed by atoms with Crippen molar-refractivity contribution < 1.29 is 10.2 Å². The molecule has 2 rings (SSSR count). The lowest BCUT2D eigenvalue weighted by Crippen LogP contribution is -2.18. The summed E-state index contributed by atoms with van der Waals surface area (Å²) < 4.78 is 0. The van der Waals surface area contributed by atoms with Gasteiger partial charge in [0, 0.05) is 0 Å². The van der Waals surface area contributed by atoms with Crippen molar-refractivity contribution in [2.75, 3.05) is 0 Å². The average Bonchev–Trinajstić information content (AvgIpc) is 2.46. The minimum Gasteiger partial charge on any atom is -0.389 e. The molecule has 3 unspecified atom stereocenters. The van der Waals surface area contributed by atoms with Crippen LogP contribution in [0.2, 0.25) is 0 Å². The van der Waals surface area contributed by atoms with Gasteiger partial charge in [0.25, 0.3) is 0 Å². The van der Waals surface area contributed by atoms with Crippen LogP contribution in [-0.2, 0) is 6.42 Å². The summed E-state index contributed by atoms with van der Waals surface area (Å²) in [4.78, 5) is 0. The van der Waals surface area contributed by atoms with Gasteiger partial charge in [-0.25, -0.2) is 0 Å². The van der Waals surface area contributed by atoms with Gasteiger partial charge in [-0.05, 0) is 60.3 Å². The molecule has 0 aromatic heterocycles. The second kappa shape index (κ2) is 7.43. The second-order valence-corrected chi connectivity index (χ2v) is 7.11. The maximum Gasteiger partial charge on any atom is 0.0801 e. The van der Waals surface area contributed by atoms with E-state index in [1.807, 2.05) is 12.2 Å². The fraction of sp³-hybridized carbons (Fsp3) is 0.600. The Labute approximate surface area is 134 Å². The van der Waals surface area contributed by atoms with Crippen molar-refractivity contribution in [2.24, 2.45) is 11.8 Å². The van der Waals surface area contributed by atoms with Gasteiger partial charge in [-0.15, -0.1) is 0 Å². The quantitative estimate of drug-likeness (QED) is 0.845. The number of rotatable bonds is 5. The van der Waals surface area contributed by atoms with Crippen LogP contribution in [-0.4, -0.2) is 16.3 Å². The van der Waals surface area contributed by atoms with Crippen molar-refractivity contribution >= 4 is 6.08 Å². The first-order chi connectivity index (χ1) is 10.4. The van der Waals surface area contributed by atoms with Gasteiger partial charge in [-0.3, -0.25) is 0 Å². The van der Waals surface area contributed by atoms with Gasteiger partial charge in [0.2, 0.25) is 0 Å². The summed E-state index contributed by atoms with van der Waals surface area (Å²) in [5, 5.41) is 20.7. The third-order valence-corrected chi connectivity index (χ3v) is 4.95. The molecular formula is C20H30O2. The summed E-state index contributed by atoms with van der Waals surface area (Å²) >= 11 is 0. The molecule has 1 aliphatic carbocycles. The molecule has 0 fully saturated rings. The van der Waals surface area contributed by atoms with Crippen LogP contribution in [0.3, 0.4) is 0 Å². The van der Waals surface area contributed by atoms with Crippen molar-refractivity contribution in [1.82, 2.24) is 0 Å². The van der Waals surface area contributed by atoms with E-state index in [0.29, 0.717) is 11.8 Å². The van der Waals surface area contributed by atoms with Gasteiger partial charge in [0.05, 0.1) is 12.2 Å². The van der Waals surface area contributed by atoms with E-state index in [0.717, 1.165) is 36.8 Å². The molecule has 4 atom stereocenters. The zero-order valence-electron chi connectivity index (χ0n) is 14.3. The van der Waals surface area contributed by atoms with Crippen LogP contribution in [0.1, 0.15) is 68.4 Å². The van der Waals surface area contributed by atoms with Crippen molar-refractivity contribution in [2.45, 2.75) is 65.6 Å². The first kappa shape index (κ1) is 17.2. The average molecular weight is 302 g/mol. The fourth-order valence-electron chi connectivity index (χ4n) is 3.41. The third kappa shape index (κ3) is 3.99. The topological polar surface area (TPSA) is 40.5 Å². The van der Waals surface area contributed by atoms with Crippen molar-refractivity contribution in [1.29, 1.82) is 0 Å². The van der Waals surface area contributed by atoms with Gasteiger partial charge in [0.15, 0.2) is 0 Å². The number of benzene rings is 1. The van der Waals surface area contributed by atoms with Crippen LogP contribution in [0.4, 0.5) is 0 Å². The van der Waals surface area contributed by atoms with E-state index < -0.39 is 6.10 Å². The number of aryl methyl sites for hydroxylation is 1. The van der Waals surface area contributed by atoms with Crippen LogP contribution in [0.5, 0.6) is 0 Å². The van der Waals surface area contributed by atoms with Gasteiger partial charge in [-0.2, -0.15) is 0 Å². The summed E-state index contributed by atoms with van der Waals surface area (Å²) in [6, 6.07) is 4.28. The van der Waals surface area contributed by atoms with Gasteiger partial charge >= 0.3 is 0 Å². The molecule has 0 aliphatic heterocycles. The highest BCUT2D eigenvalue weighted by Gasteiger charge is 2.25. The van der Waals surface area contributed by atoms with Crippen LogP contribution in [0.25, 0.3) is 6.08 Å². The number of hydrogen-bond acceptors (Lipinski definition) is 2. The first-order valence-electron chi connectivity index (χ1n) is 8.59. The first-order valence-corrected chi connectivity index (χ1v) is 8.59. The molecule has 2 heteroatoms. The number of aliphatic hydroxyl groups is 2. The standard InChI is InChI=1S/C20H30O2/c1-5-13(2)11-17(21)8-9-18-15(4)6-7-16-10-14(3)12-19(22)20(16)18/h6-9,13-14,17,19,21-22H,5,10-12H2,1-4H3/b9-8+/t13?,14-,17?,19?/m1/s1. The molecule has 0 saturated carbocycles. The van der Waals surface area contributed by atoms with Crippen molar-refractivity contribution in [3.63, 3.8) is 0 Å². The van der Waals surface area contributed by atoms with Gasteiger partial charge < -0.3 is 10.2 Å². The highest BCUT2D eigenvalue weighted by atomic mass is 16.3. The number of hydrogen-bond donors (Lipinski definition) is 2. The summed E-state index contributed by atoms with van der Waals surface area (Å²) in [5.41, 5.74) is 4.59. The molecule has 0 spiro atoms. The maximum absolute atomic E-state index is 10.5. The Hall–Kier alpha value is -1.12. The normalized spacial score (nSPS) is 24.3. The highest BCUT2D eigenvalue weighted by Crippen LogP contribution is 2.37. The molecule has 0 radical (unpaired) electrons. The lowest BCUT2D eigenvalue weighted by Gasteiger charge is -2.29. The molecule has 22 heavy (non-hydrogen) atoms. The fourth-order valence-corrected chi connectivity index (χ4v) is 3.41. The predicted octanol–water partition coefficient (Wildman–Crippen LogP) is 4.42. The largest absolute Gasteiger partial charge is 0.389 e. The lowest BCUT2D eigenvalue weighted by molar-refractivity contribution is 0.136. The molecule has 2 nitrogen and oxygen atoms in total. The maximum atomic E-state index is 10.5. The van der Waals surface area contributed by atoms with Gasteiger partial charge in [0.1, 0.15) is 0 Å². The SMILES string of the molecule is CCC(C)CC(O)/C=C/c1c(C)ccc2c1C(O)C[C@H](C)C2. The summed E-state index contributed by atoms with van der Waals surface area (Å²) in [5.74, 6) is 1.05. The van der Waals surface area contributed by atoms with Crippen molar-refractivity contribution in [3.8, 4) is 0 Å². The van der Waals surface area contributed by atoms with E-state index >= 15 is 0 Å². The molecule has 1 aliphatic rings. The number of fused-ring (bicyclic) bond motifs is 1. The summed E-state index contributed by atoms with van der Waals surface area (Å²) in [7, 11) is 0. The predicted molar refractivity (Wildman–Crippen MR) is 92.7 cm³/mol. The Morgan fingerprint density at radius 2 is 2.09 bits per heavy atom. The number of aliphatic hydroxyl groups excluding tert-OH is 2. The zero-order valence-corrected chi connectivity index (χ0v) is 14.3. The Kier molecular flexibility index (Phi) is 5.82. The zero-order chi connectivity index (χ0) is 16.3. The van der Waals surface area contributed by atoms with Crippen molar-refractivity contribution in [3.05, 3.63) is 40.5 Å². The van der Waals surface area contributed by atoms with Crippen LogP contribution >= 0.6 is 0 Å². The van der Waals surface area contributed by atoms with Gasteiger partial charge in [-0.1, -0.05) is 51.5 Å². The second-order valence-electron chi connectivity index (χ2n) is 7.11. The minimum atomic E-state index is -0.412. The van der Waals surface area contributed by atoms with E-state index in [9.17, 15) is 10.2 Å². The van der Waals surface area contributed by atoms with Crippen LogP contribution < -0.4 is 0 Å². The Morgan fingerprint density at radius 1 is 1.36 bits per heavy atom. The third-order valence-electron chi connectivity index (χ3n) is 4.95. The molecule has 0 saturated heterocycles. The van der Waals surface area contributed by atoms with E-state index in [-0.39, 0.29) is 6.10 Å². The molecule has 1 aromatic carbocycles. The molecule has 0 bridgehead atoms. The minimum absolute atomic E-state index is 0.384. The molecule has 2 N–H and O–H groups in total. The summed E-state index contributed by atoms with van der Waals surface area (Å²) in [6.45, 7) is 8.58. The van der Waals surface area contributed by atoms with E-state index in [1.165, 1.54) is 11.1 Å². The Bertz CT molecular complexity index is 533. The van der Waals surface area contributed by atoms with Crippen LogP contribution in [0, 0.1) is 18.8 Å². The lowest BCUT2D eigenvalue weighted by atomic mass is 9.79. The Balaban J connectivity index is 2.26. The molecular weight excluding hydrogens is 272 g/mol. The molecule has 1 aromatic rings. The summed E-state index contributed by atoms with van der Waals surface area (Å²) in [6.07, 6.45) is 6.84. The molecule has 0 amide bonds. The van der Waals surface area contributed by atoms with E-state index in [1.54, 1.807) is 0 Å². The van der Waals surface area contributed by atoms with Crippen LogP contribution in [0.15, 0.2) is 18.2 Å². The molecule has 0 heterocycles. The van der Waals surface area contributed by atoms with E-state index in [4.69, 9.17) is 0 Å². The Morgan fingerprint density at radius 3 is 2.77 bits per heavy atom. The smallest absolute Gasteiger partial charge is 0.0801 e. The highest BCUT2D eigenvalue weighted by molar-refractivity contribution is 5.61.